The molecule has 142 valence electrons. The number of hydrogen-bond acceptors (Lipinski definition) is 3. The maximum Gasteiger partial charge on any atom is 0.261 e. The van der Waals surface area contributed by atoms with E-state index in [0.717, 1.165) is 23.2 Å². The first-order valence-electron chi connectivity index (χ1n) is 9.04. The lowest BCUT2D eigenvalue weighted by atomic mass is 10.1. The van der Waals surface area contributed by atoms with Crippen molar-refractivity contribution in [3.05, 3.63) is 89.5 Å². The molecule has 3 aromatic rings. The van der Waals surface area contributed by atoms with E-state index in [1.165, 1.54) is 12.1 Å². The Morgan fingerprint density at radius 3 is 2.36 bits per heavy atom. The number of aryl methyl sites for hydroxylation is 1. The molecular weight excluding hydrogens is 372 g/mol. The second kappa shape index (κ2) is 7.13. The molecule has 1 aliphatic rings. The van der Waals surface area contributed by atoms with Gasteiger partial charge in [-0.05, 0) is 60.9 Å². The van der Waals surface area contributed by atoms with Crippen molar-refractivity contribution in [2.75, 3.05) is 16.2 Å². The van der Waals surface area contributed by atoms with E-state index >= 15 is 0 Å². The van der Waals surface area contributed by atoms with Crippen molar-refractivity contribution in [2.24, 2.45) is 0 Å². The third-order valence-corrected chi connectivity index (χ3v) is 6.31. The van der Waals surface area contributed by atoms with Gasteiger partial charge in [-0.1, -0.05) is 36.4 Å². The molecule has 0 saturated carbocycles. The molecule has 0 bridgehead atoms. The number of carbonyl (C=O) groups excluding carboxylic acids is 1. The van der Waals surface area contributed by atoms with Gasteiger partial charge in [0.05, 0.1) is 10.6 Å². The van der Waals surface area contributed by atoms with E-state index in [9.17, 15) is 13.2 Å². The maximum absolute atomic E-state index is 12.9. The van der Waals surface area contributed by atoms with Gasteiger partial charge in [0, 0.05) is 17.8 Å². The normalized spacial score (nSPS) is 13.2. The summed E-state index contributed by atoms with van der Waals surface area (Å²) in [6.07, 6.45) is 0.828. The van der Waals surface area contributed by atoms with Crippen LogP contribution in [0.25, 0.3) is 0 Å². The van der Waals surface area contributed by atoms with Gasteiger partial charge in [-0.25, -0.2) is 8.42 Å². The smallest absolute Gasteiger partial charge is 0.261 e. The van der Waals surface area contributed by atoms with Gasteiger partial charge >= 0.3 is 0 Å². The van der Waals surface area contributed by atoms with Gasteiger partial charge in [-0.2, -0.15) is 0 Å². The molecule has 0 spiro atoms. The monoisotopic (exact) mass is 392 g/mol. The molecule has 4 rings (SSSR count). The van der Waals surface area contributed by atoms with Crippen LogP contribution in [0.2, 0.25) is 0 Å². The maximum atomic E-state index is 12.9. The van der Waals surface area contributed by atoms with E-state index in [4.69, 9.17) is 0 Å². The number of amides is 1. The van der Waals surface area contributed by atoms with Crippen LogP contribution in [0.15, 0.2) is 77.7 Å². The van der Waals surface area contributed by atoms with Crippen molar-refractivity contribution < 1.29 is 13.2 Å². The first kappa shape index (κ1) is 18.3. The summed E-state index contributed by atoms with van der Waals surface area (Å²) in [4.78, 5) is 14.7. The highest BCUT2D eigenvalue weighted by Crippen LogP contribution is 2.29. The molecule has 0 saturated heterocycles. The lowest BCUT2D eigenvalue weighted by molar-refractivity contribution is 0.0989. The standard InChI is InChI=1S/C22H20N2O3S/c1-16-6-2-4-8-20(16)23-28(26,27)19-12-10-18(11-13-19)22(25)24-15-14-17-7-3-5-9-21(17)24/h2-13,23H,14-15H2,1H3. The number of nitrogens with zero attached hydrogens (tertiary/aromatic N) is 1. The van der Waals surface area contributed by atoms with Crippen LogP contribution < -0.4 is 9.62 Å². The second-order valence-electron chi connectivity index (χ2n) is 6.78. The van der Waals surface area contributed by atoms with Gasteiger partial charge in [0.2, 0.25) is 0 Å². The number of fused-ring (bicyclic) bond motifs is 1. The Morgan fingerprint density at radius 2 is 1.61 bits per heavy atom. The van der Waals surface area contributed by atoms with Crippen LogP contribution in [0.4, 0.5) is 11.4 Å². The van der Waals surface area contributed by atoms with E-state index in [-0.39, 0.29) is 10.8 Å². The Labute approximate surface area is 164 Å². The van der Waals surface area contributed by atoms with Crippen LogP contribution in [0, 0.1) is 6.92 Å². The molecule has 5 nitrogen and oxygen atoms in total. The number of carbonyl (C=O) groups is 1. The van der Waals surface area contributed by atoms with Crippen molar-refractivity contribution in [3.63, 3.8) is 0 Å². The molecule has 0 unspecified atom stereocenters. The molecule has 28 heavy (non-hydrogen) atoms. The van der Waals surface area contributed by atoms with Crippen LogP contribution in [0.1, 0.15) is 21.5 Å². The highest BCUT2D eigenvalue weighted by Gasteiger charge is 2.25. The van der Waals surface area contributed by atoms with E-state index in [0.29, 0.717) is 17.8 Å². The summed E-state index contributed by atoms with van der Waals surface area (Å²) >= 11 is 0. The van der Waals surface area contributed by atoms with Gasteiger partial charge in [0.1, 0.15) is 0 Å². The lowest BCUT2D eigenvalue weighted by Gasteiger charge is -2.17. The Kier molecular flexibility index (Phi) is 4.65. The van der Waals surface area contributed by atoms with E-state index in [1.54, 1.807) is 29.2 Å². The summed E-state index contributed by atoms with van der Waals surface area (Å²) in [6.45, 7) is 2.47. The number of hydrogen-bond donors (Lipinski definition) is 1. The minimum Gasteiger partial charge on any atom is -0.308 e. The number of benzene rings is 3. The summed E-state index contributed by atoms with van der Waals surface area (Å²) in [7, 11) is -3.72. The van der Waals surface area contributed by atoms with Gasteiger partial charge in [0.25, 0.3) is 15.9 Å². The Bertz CT molecular complexity index is 1140. The number of para-hydroxylation sites is 2. The molecule has 1 amide bonds. The van der Waals surface area contributed by atoms with Gasteiger partial charge < -0.3 is 4.90 Å². The third-order valence-electron chi connectivity index (χ3n) is 4.93. The summed E-state index contributed by atoms with van der Waals surface area (Å²) in [5, 5.41) is 0. The largest absolute Gasteiger partial charge is 0.308 e. The van der Waals surface area contributed by atoms with Gasteiger partial charge in [-0.15, -0.1) is 0 Å². The van der Waals surface area contributed by atoms with Crippen LogP contribution >= 0.6 is 0 Å². The zero-order valence-electron chi connectivity index (χ0n) is 15.4. The zero-order chi connectivity index (χ0) is 19.7. The zero-order valence-corrected chi connectivity index (χ0v) is 16.2. The minimum absolute atomic E-state index is 0.120. The minimum atomic E-state index is -3.72. The predicted octanol–water partition coefficient (Wildman–Crippen LogP) is 4.00. The fourth-order valence-electron chi connectivity index (χ4n) is 3.37. The third kappa shape index (κ3) is 3.39. The van der Waals surface area contributed by atoms with E-state index in [1.807, 2.05) is 43.3 Å². The van der Waals surface area contributed by atoms with Crippen LogP contribution in [0.3, 0.4) is 0 Å². The lowest BCUT2D eigenvalue weighted by Crippen LogP contribution is -2.28. The molecular formula is C22H20N2O3S. The summed E-state index contributed by atoms with van der Waals surface area (Å²) in [5.74, 6) is -0.124. The second-order valence-corrected chi connectivity index (χ2v) is 8.46. The van der Waals surface area contributed by atoms with Crippen LogP contribution in [0.5, 0.6) is 0 Å². The Morgan fingerprint density at radius 1 is 0.929 bits per heavy atom. The average Bonchev–Trinajstić information content (AvgIpc) is 3.13. The predicted molar refractivity (Wildman–Crippen MR) is 110 cm³/mol. The summed E-state index contributed by atoms with van der Waals surface area (Å²) in [5.41, 5.74) is 3.91. The number of anilines is 2. The van der Waals surface area contributed by atoms with Crippen molar-refractivity contribution >= 4 is 27.3 Å². The molecule has 1 N–H and O–H groups in total. The van der Waals surface area contributed by atoms with Crippen molar-refractivity contribution in [2.45, 2.75) is 18.2 Å². The fraction of sp³-hybridized carbons (Fsp3) is 0.136. The highest BCUT2D eigenvalue weighted by molar-refractivity contribution is 7.92. The number of sulfonamides is 1. The quantitative estimate of drug-likeness (QED) is 0.730. The first-order valence-corrected chi connectivity index (χ1v) is 10.5. The SMILES string of the molecule is Cc1ccccc1NS(=O)(=O)c1ccc(C(=O)N2CCc3ccccc32)cc1. The molecule has 0 aromatic heterocycles. The number of rotatable bonds is 4. The van der Waals surface area contributed by atoms with Crippen LogP contribution in [-0.2, 0) is 16.4 Å². The topological polar surface area (TPSA) is 66.5 Å². The Balaban J connectivity index is 1.56. The molecule has 6 heteroatoms. The molecule has 0 fully saturated rings. The summed E-state index contributed by atoms with van der Waals surface area (Å²) < 4.78 is 27.9. The Hall–Kier alpha value is -3.12. The molecule has 1 aliphatic heterocycles. The van der Waals surface area contributed by atoms with Crippen LogP contribution in [-0.4, -0.2) is 20.9 Å². The molecule has 0 aliphatic carbocycles. The van der Waals surface area contributed by atoms with Gasteiger partial charge in [-0.3, -0.25) is 9.52 Å². The highest BCUT2D eigenvalue weighted by atomic mass is 32.2. The molecule has 3 aromatic carbocycles. The average molecular weight is 392 g/mol. The van der Waals surface area contributed by atoms with Crippen molar-refractivity contribution in [3.8, 4) is 0 Å². The first-order chi connectivity index (χ1) is 13.5. The van der Waals surface area contributed by atoms with E-state index < -0.39 is 10.0 Å². The molecule has 0 radical (unpaired) electrons. The summed E-state index contributed by atoms with van der Waals surface area (Å²) in [6, 6.07) is 21.1. The molecule has 0 atom stereocenters. The molecule has 1 heterocycles. The van der Waals surface area contributed by atoms with Crippen molar-refractivity contribution in [1.82, 2.24) is 0 Å². The fourth-order valence-corrected chi connectivity index (χ4v) is 4.50. The number of nitrogens with one attached hydrogen (secondary N) is 1. The van der Waals surface area contributed by atoms with Crippen molar-refractivity contribution in [1.29, 1.82) is 0 Å². The van der Waals surface area contributed by atoms with Gasteiger partial charge in [0.15, 0.2) is 0 Å². The van der Waals surface area contributed by atoms with E-state index in [2.05, 4.69) is 4.72 Å².